The first-order valence-electron chi connectivity index (χ1n) is 5.75. The minimum atomic E-state index is -1.03. The van der Waals surface area contributed by atoms with Crippen LogP contribution in [0.4, 0.5) is 14.5 Å². The number of nitrogens with one attached hydrogen (secondary N) is 1. The number of thiocarbonyl (C=S) groups is 1. The number of benzene rings is 2. The Bertz CT molecular complexity index is 662. The molecule has 0 heterocycles. The number of nitrogens with two attached hydrogens (primary N) is 1. The Kier molecular flexibility index (Phi) is 4.67. The van der Waals surface area contributed by atoms with Crippen LogP contribution >= 0.6 is 28.1 Å². The predicted molar refractivity (Wildman–Crippen MR) is 83.7 cm³/mol. The van der Waals surface area contributed by atoms with E-state index in [1.54, 1.807) is 0 Å². The quantitative estimate of drug-likeness (QED) is 0.814. The number of rotatable bonds is 4. The van der Waals surface area contributed by atoms with Gasteiger partial charge in [-0.2, -0.15) is 0 Å². The third-order valence-electron chi connectivity index (χ3n) is 2.72. The highest BCUT2D eigenvalue weighted by atomic mass is 79.9. The highest BCUT2D eigenvalue weighted by Gasteiger charge is 2.14. The Labute approximate surface area is 129 Å². The van der Waals surface area contributed by atoms with Crippen molar-refractivity contribution in [3.05, 3.63) is 63.6 Å². The van der Waals surface area contributed by atoms with Crippen LogP contribution in [0, 0.1) is 11.6 Å². The lowest BCUT2D eigenvalue weighted by Crippen LogP contribution is -2.14. The van der Waals surface area contributed by atoms with Gasteiger partial charge in [-0.25, -0.2) is 8.78 Å². The average Bonchev–Trinajstić information content (AvgIpc) is 2.40. The molecule has 3 N–H and O–H groups in total. The summed E-state index contributed by atoms with van der Waals surface area (Å²) in [5.41, 5.74) is 6.24. The highest BCUT2D eigenvalue weighted by Crippen LogP contribution is 2.21. The van der Waals surface area contributed by atoms with Crippen LogP contribution in [0.2, 0.25) is 0 Å². The predicted octanol–water partition coefficient (Wildman–Crippen LogP) is 3.97. The second kappa shape index (κ2) is 6.28. The van der Waals surface area contributed by atoms with Crippen LogP contribution in [-0.2, 0) is 6.54 Å². The zero-order valence-electron chi connectivity index (χ0n) is 10.3. The molecular weight excluding hydrogens is 346 g/mol. The molecule has 6 heteroatoms. The van der Waals surface area contributed by atoms with Crippen molar-refractivity contribution in [1.29, 1.82) is 0 Å². The summed E-state index contributed by atoms with van der Waals surface area (Å²) < 4.78 is 28.5. The lowest BCUT2D eigenvalue weighted by molar-refractivity contribution is 0.509. The van der Waals surface area contributed by atoms with Gasteiger partial charge in [-0.1, -0.05) is 40.3 Å². The van der Waals surface area contributed by atoms with Crippen LogP contribution in [-0.4, -0.2) is 4.99 Å². The maximum absolute atomic E-state index is 13.8. The SMILES string of the molecule is NC(=S)c1ccc(NCc2cccc(Br)c2)c(F)c1F. The van der Waals surface area contributed by atoms with Crippen molar-refractivity contribution in [2.75, 3.05) is 5.32 Å². The Morgan fingerprint density at radius 3 is 2.60 bits per heavy atom. The van der Waals surface area contributed by atoms with E-state index in [4.69, 9.17) is 5.73 Å². The first-order chi connectivity index (χ1) is 9.49. The second-order valence-electron chi connectivity index (χ2n) is 4.14. The van der Waals surface area contributed by atoms with E-state index < -0.39 is 11.6 Å². The van der Waals surface area contributed by atoms with Gasteiger partial charge in [0, 0.05) is 16.6 Å². The van der Waals surface area contributed by atoms with E-state index >= 15 is 0 Å². The molecule has 104 valence electrons. The molecule has 2 aromatic rings. The van der Waals surface area contributed by atoms with Gasteiger partial charge in [0.05, 0.1) is 5.69 Å². The molecule has 0 saturated carbocycles. The molecule has 0 spiro atoms. The number of anilines is 1. The van der Waals surface area contributed by atoms with E-state index in [9.17, 15) is 8.78 Å². The molecule has 0 atom stereocenters. The van der Waals surface area contributed by atoms with Gasteiger partial charge in [0.15, 0.2) is 11.6 Å². The average molecular weight is 357 g/mol. The molecule has 0 amide bonds. The summed E-state index contributed by atoms with van der Waals surface area (Å²) in [6.45, 7) is 0.377. The van der Waals surface area contributed by atoms with Crippen molar-refractivity contribution in [3.63, 3.8) is 0 Å². The molecule has 20 heavy (non-hydrogen) atoms. The van der Waals surface area contributed by atoms with Gasteiger partial charge in [-0.15, -0.1) is 0 Å². The van der Waals surface area contributed by atoms with Crippen molar-refractivity contribution < 1.29 is 8.78 Å². The van der Waals surface area contributed by atoms with E-state index in [2.05, 4.69) is 33.5 Å². The van der Waals surface area contributed by atoms with E-state index in [1.165, 1.54) is 12.1 Å². The molecule has 0 aliphatic heterocycles. The lowest BCUT2D eigenvalue weighted by Gasteiger charge is -2.10. The fourth-order valence-electron chi connectivity index (χ4n) is 1.72. The maximum atomic E-state index is 13.8. The van der Waals surface area contributed by atoms with Gasteiger partial charge in [0.2, 0.25) is 0 Å². The fraction of sp³-hybridized carbons (Fsp3) is 0.0714. The van der Waals surface area contributed by atoms with Crippen LogP contribution < -0.4 is 11.1 Å². The van der Waals surface area contributed by atoms with Crippen molar-refractivity contribution in [2.45, 2.75) is 6.54 Å². The first kappa shape index (κ1) is 14.9. The standard InChI is InChI=1S/C14H11BrF2N2S/c15-9-3-1-2-8(6-9)7-19-11-5-4-10(14(18)20)12(16)13(11)17/h1-6,19H,7H2,(H2,18,20). The third-order valence-corrected chi connectivity index (χ3v) is 3.43. The molecule has 0 aliphatic carbocycles. The summed E-state index contributed by atoms with van der Waals surface area (Å²) in [7, 11) is 0. The largest absolute Gasteiger partial charge is 0.389 e. The maximum Gasteiger partial charge on any atom is 0.182 e. The van der Waals surface area contributed by atoms with Gasteiger partial charge in [-0.3, -0.25) is 0 Å². The Morgan fingerprint density at radius 1 is 1.20 bits per heavy atom. The first-order valence-corrected chi connectivity index (χ1v) is 6.95. The molecule has 0 aromatic heterocycles. The minimum Gasteiger partial charge on any atom is -0.389 e. The van der Waals surface area contributed by atoms with Crippen molar-refractivity contribution in [2.24, 2.45) is 5.73 Å². The summed E-state index contributed by atoms with van der Waals surface area (Å²) in [5, 5.41) is 2.84. The molecule has 0 aliphatic rings. The summed E-state index contributed by atoms with van der Waals surface area (Å²) in [4.78, 5) is -0.167. The monoisotopic (exact) mass is 356 g/mol. The smallest absolute Gasteiger partial charge is 0.182 e. The molecule has 2 rings (SSSR count). The fourth-order valence-corrected chi connectivity index (χ4v) is 2.32. The van der Waals surface area contributed by atoms with Gasteiger partial charge >= 0.3 is 0 Å². The van der Waals surface area contributed by atoms with Gasteiger partial charge in [0.25, 0.3) is 0 Å². The Morgan fingerprint density at radius 2 is 1.95 bits per heavy atom. The van der Waals surface area contributed by atoms with E-state index in [-0.39, 0.29) is 16.2 Å². The molecule has 0 bridgehead atoms. The van der Waals surface area contributed by atoms with Crippen LogP contribution in [0.5, 0.6) is 0 Å². The van der Waals surface area contributed by atoms with Gasteiger partial charge < -0.3 is 11.1 Å². The molecule has 0 radical (unpaired) electrons. The Balaban J connectivity index is 2.18. The molecular formula is C14H11BrF2N2S. The van der Waals surface area contributed by atoms with Crippen molar-refractivity contribution in [1.82, 2.24) is 0 Å². The zero-order chi connectivity index (χ0) is 14.7. The van der Waals surface area contributed by atoms with E-state index in [1.807, 2.05) is 24.3 Å². The summed E-state index contributed by atoms with van der Waals surface area (Å²) in [5.74, 6) is -2.01. The molecule has 0 unspecified atom stereocenters. The number of hydrogen-bond acceptors (Lipinski definition) is 2. The summed E-state index contributed by atoms with van der Waals surface area (Å²) in [6, 6.07) is 10.3. The molecule has 0 fully saturated rings. The molecule has 0 saturated heterocycles. The number of hydrogen-bond donors (Lipinski definition) is 2. The minimum absolute atomic E-state index is 0.0717. The normalized spacial score (nSPS) is 10.3. The molecule has 2 nitrogen and oxygen atoms in total. The highest BCUT2D eigenvalue weighted by molar-refractivity contribution is 9.10. The summed E-state index contributed by atoms with van der Waals surface area (Å²) in [6.07, 6.45) is 0. The van der Waals surface area contributed by atoms with Crippen molar-refractivity contribution >= 4 is 38.8 Å². The molecule has 2 aromatic carbocycles. The van der Waals surface area contributed by atoms with Crippen LogP contribution in [0.1, 0.15) is 11.1 Å². The van der Waals surface area contributed by atoms with E-state index in [0.29, 0.717) is 6.54 Å². The third kappa shape index (κ3) is 3.32. The van der Waals surface area contributed by atoms with Gasteiger partial charge in [-0.05, 0) is 29.8 Å². The number of halogens is 3. The second-order valence-corrected chi connectivity index (χ2v) is 5.49. The van der Waals surface area contributed by atoms with Crippen molar-refractivity contribution in [3.8, 4) is 0 Å². The van der Waals surface area contributed by atoms with Crippen LogP contribution in [0.15, 0.2) is 40.9 Å². The van der Waals surface area contributed by atoms with E-state index in [0.717, 1.165) is 10.0 Å². The van der Waals surface area contributed by atoms with Crippen LogP contribution in [0.3, 0.4) is 0 Å². The summed E-state index contributed by atoms with van der Waals surface area (Å²) >= 11 is 8.00. The topological polar surface area (TPSA) is 38.0 Å². The lowest BCUT2D eigenvalue weighted by atomic mass is 10.1. The van der Waals surface area contributed by atoms with Gasteiger partial charge in [0.1, 0.15) is 4.99 Å². The zero-order valence-corrected chi connectivity index (χ0v) is 12.7. The Hall–Kier alpha value is -1.53. The van der Waals surface area contributed by atoms with Crippen LogP contribution in [0.25, 0.3) is 0 Å².